The number of nitrogens with zero attached hydrogens (tertiary/aromatic N) is 1. The van der Waals surface area contributed by atoms with Crippen LogP contribution in [0.25, 0.3) is 0 Å². The van der Waals surface area contributed by atoms with Gasteiger partial charge in [0.2, 0.25) is 0 Å². The van der Waals surface area contributed by atoms with Crippen LogP contribution in [0.5, 0.6) is 0 Å². The van der Waals surface area contributed by atoms with Crippen molar-refractivity contribution >= 4 is 5.91 Å². The maximum absolute atomic E-state index is 11.8. The highest BCUT2D eigenvalue weighted by Gasteiger charge is 2.19. The zero-order chi connectivity index (χ0) is 13.6. The van der Waals surface area contributed by atoms with E-state index in [1.54, 1.807) is 6.07 Å². The third kappa shape index (κ3) is 4.49. The standard InChI is InChI=1S/C13H23N3O2/c1-5-10-7-11(16-18-10)12(17)15-9-13(3,4)8-14-6-2/h7,14H,5-6,8-9H2,1-4H3,(H,15,17). The van der Waals surface area contributed by atoms with Gasteiger partial charge in [-0.1, -0.05) is 32.9 Å². The molecule has 1 aromatic rings. The molecular formula is C13H23N3O2. The van der Waals surface area contributed by atoms with Crippen LogP contribution in [0.4, 0.5) is 0 Å². The molecule has 0 unspecified atom stereocenters. The Morgan fingerprint density at radius 1 is 1.39 bits per heavy atom. The van der Waals surface area contributed by atoms with Crippen LogP contribution in [0.15, 0.2) is 10.6 Å². The average molecular weight is 253 g/mol. The average Bonchev–Trinajstić information content (AvgIpc) is 2.82. The minimum absolute atomic E-state index is 0.0169. The second kappa shape index (κ2) is 6.54. The molecule has 0 spiro atoms. The lowest BCUT2D eigenvalue weighted by Gasteiger charge is -2.24. The van der Waals surface area contributed by atoms with Gasteiger partial charge in [-0.2, -0.15) is 0 Å². The van der Waals surface area contributed by atoms with Crippen LogP contribution in [-0.2, 0) is 6.42 Å². The van der Waals surface area contributed by atoms with Crippen LogP contribution >= 0.6 is 0 Å². The van der Waals surface area contributed by atoms with E-state index < -0.39 is 0 Å². The minimum atomic E-state index is -0.178. The van der Waals surface area contributed by atoms with Crippen LogP contribution in [0.2, 0.25) is 0 Å². The van der Waals surface area contributed by atoms with E-state index >= 15 is 0 Å². The van der Waals surface area contributed by atoms with E-state index in [1.165, 1.54) is 0 Å². The van der Waals surface area contributed by atoms with Gasteiger partial charge in [-0.05, 0) is 12.0 Å². The molecule has 1 amide bonds. The Bertz CT molecular complexity index is 385. The summed E-state index contributed by atoms with van der Waals surface area (Å²) in [4.78, 5) is 11.8. The summed E-state index contributed by atoms with van der Waals surface area (Å²) in [6, 6.07) is 1.69. The molecule has 0 saturated heterocycles. The summed E-state index contributed by atoms with van der Waals surface area (Å²) in [7, 11) is 0. The topological polar surface area (TPSA) is 67.2 Å². The van der Waals surface area contributed by atoms with Gasteiger partial charge in [0.25, 0.3) is 5.91 Å². The molecule has 1 aromatic heterocycles. The summed E-state index contributed by atoms with van der Waals surface area (Å²) in [5.74, 6) is 0.551. The van der Waals surface area contributed by atoms with Crippen molar-refractivity contribution in [3.8, 4) is 0 Å². The lowest BCUT2D eigenvalue weighted by molar-refractivity contribution is 0.0927. The molecule has 1 heterocycles. The van der Waals surface area contributed by atoms with Crippen molar-refractivity contribution in [2.75, 3.05) is 19.6 Å². The normalized spacial score (nSPS) is 11.6. The van der Waals surface area contributed by atoms with E-state index in [1.807, 2.05) is 6.92 Å². The molecule has 0 fully saturated rings. The highest BCUT2D eigenvalue weighted by molar-refractivity contribution is 5.92. The zero-order valence-corrected chi connectivity index (χ0v) is 11.7. The first-order valence-corrected chi connectivity index (χ1v) is 6.43. The van der Waals surface area contributed by atoms with Gasteiger partial charge in [0.05, 0.1) is 0 Å². The predicted molar refractivity (Wildman–Crippen MR) is 70.5 cm³/mol. The van der Waals surface area contributed by atoms with Crippen molar-refractivity contribution in [3.63, 3.8) is 0 Å². The van der Waals surface area contributed by atoms with Crippen LogP contribution < -0.4 is 10.6 Å². The number of hydrogen-bond donors (Lipinski definition) is 2. The monoisotopic (exact) mass is 253 g/mol. The van der Waals surface area contributed by atoms with Crippen molar-refractivity contribution < 1.29 is 9.32 Å². The lowest BCUT2D eigenvalue weighted by atomic mass is 9.93. The molecule has 0 aliphatic heterocycles. The van der Waals surface area contributed by atoms with Crippen LogP contribution in [0, 0.1) is 5.41 Å². The second-order valence-electron chi connectivity index (χ2n) is 5.16. The Hall–Kier alpha value is -1.36. The minimum Gasteiger partial charge on any atom is -0.361 e. The number of rotatable bonds is 7. The molecule has 0 aromatic carbocycles. The van der Waals surface area contributed by atoms with Crippen molar-refractivity contribution in [1.29, 1.82) is 0 Å². The summed E-state index contributed by atoms with van der Waals surface area (Å²) < 4.78 is 5.01. The van der Waals surface area contributed by atoms with E-state index in [9.17, 15) is 4.79 Å². The Labute approximate surface area is 108 Å². The highest BCUT2D eigenvalue weighted by Crippen LogP contribution is 2.12. The first-order valence-electron chi connectivity index (χ1n) is 6.43. The van der Waals surface area contributed by atoms with Gasteiger partial charge in [-0.15, -0.1) is 0 Å². The Kier molecular flexibility index (Phi) is 5.34. The van der Waals surface area contributed by atoms with E-state index in [2.05, 4.69) is 36.6 Å². The van der Waals surface area contributed by atoms with E-state index in [0.29, 0.717) is 12.2 Å². The smallest absolute Gasteiger partial charge is 0.273 e. The number of carbonyl (C=O) groups is 1. The molecule has 1 rings (SSSR count). The third-order valence-corrected chi connectivity index (χ3v) is 2.72. The molecule has 5 heteroatoms. The van der Waals surface area contributed by atoms with Gasteiger partial charge in [0, 0.05) is 25.6 Å². The summed E-state index contributed by atoms with van der Waals surface area (Å²) in [6.45, 7) is 10.6. The van der Waals surface area contributed by atoms with Crippen LogP contribution in [-0.4, -0.2) is 30.7 Å². The zero-order valence-electron chi connectivity index (χ0n) is 11.7. The number of carbonyl (C=O) groups excluding carboxylic acids is 1. The first-order chi connectivity index (χ1) is 8.48. The highest BCUT2D eigenvalue weighted by atomic mass is 16.5. The van der Waals surface area contributed by atoms with Gasteiger partial charge in [-0.3, -0.25) is 4.79 Å². The molecular weight excluding hydrogens is 230 g/mol. The van der Waals surface area contributed by atoms with Gasteiger partial charge < -0.3 is 15.2 Å². The Morgan fingerprint density at radius 2 is 2.11 bits per heavy atom. The molecule has 0 radical (unpaired) electrons. The number of aromatic nitrogens is 1. The largest absolute Gasteiger partial charge is 0.361 e. The summed E-state index contributed by atoms with van der Waals surface area (Å²) >= 11 is 0. The van der Waals surface area contributed by atoms with Crippen LogP contribution in [0.3, 0.4) is 0 Å². The van der Waals surface area contributed by atoms with Gasteiger partial charge >= 0.3 is 0 Å². The molecule has 0 aliphatic carbocycles. The van der Waals surface area contributed by atoms with E-state index in [-0.39, 0.29) is 11.3 Å². The van der Waals surface area contributed by atoms with Gasteiger partial charge in [0.15, 0.2) is 5.69 Å². The van der Waals surface area contributed by atoms with Crippen molar-refractivity contribution in [1.82, 2.24) is 15.8 Å². The molecule has 0 atom stereocenters. The number of hydrogen-bond acceptors (Lipinski definition) is 4. The lowest BCUT2D eigenvalue weighted by Crippen LogP contribution is -2.40. The van der Waals surface area contributed by atoms with Crippen LogP contribution in [0.1, 0.15) is 43.9 Å². The molecule has 0 bridgehead atoms. The van der Waals surface area contributed by atoms with E-state index in [4.69, 9.17) is 4.52 Å². The SMILES string of the molecule is CCNCC(C)(C)CNC(=O)c1cc(CC)on1. The fourth-order valence-electron chi connectivity index (χ4n) is 1.52. The third-order valence-electron chi connectivity index (χ3n) is 2.72. The summed E-state index contributed by atoms with van der Waals surface area (Å²) in [5, 5.41) is 9.91. The molecule has 0 saturated carbocycles. The summed E-state index contributed by atoms with van der Waals surface area (Å²) in [6.07, 6.45) is 0.742. The van der Waals surface area contributed by atoms with Crippen molar-refractivity contribution in [3.05, 3.63) is 17.5 Å². The van der Waals surface area contributed by atoms with Gasteiger partial charge in [0.1, 0.15) is 5.76 Å². The number of nitrogens with one attached hydrogen (secondary N) is 2. The maximum atomic E-state index is 11.8. The fraction of sp³-hybridized carbons (Fsp3) is 0.692. The predicted octanol–water partition coefficient (Wildman–Crippen LogP) is 1.60. The first kappa shape index (κ1) is 14.7. The molecule has 18 heavy (non-hydrogen) atoms. The van der Waals surface area contributed by atoms with Gasteiger partial charge in [-0.25, -0.2) is 0 Å². The molecule has 2 N–H and O–H groups in total. The Balaban J connectivity index is 2.45. The summed E-state index contributed by atoms with van der Waals surface area (Å²) in [5.41, 5.74) is 0.370. The fourth-order valence-corrected chi connectivity index (χ4v) is 1.52. The quantitative estimate of drug-likeness (QED) is 0.774. The second-order valence-corrected chi connectivity index (χ2v) is 5.16. The maximum Gasteiger partial charge on any atom is 0.273 e. The Morgan fingerprint density at radius 3 is 2.67 bits per heavy atom. The van der Waals surface area contributed by atoms with Crippen molar-refractivity contribution in [2.45, 2.75) is 34.1 Å². The van der Waals surface area contributed by atoms with Crippen molar-refractivity contribution in [2.24, 2.45) is 5.41 Å². The number of amides is 1. The molecule has 102 valence electrons. The molecule has 5 nitrogen and oxygen atoms in total. The number of aryl methyl sites for hydroxylation is 1. The molecule has 0 aliphatic rings. The van der Waals surface area contributed by atoms with E-state index in [0.717, 1.165) is 25.3 Å².